The highest BCUT2D eigenvalue weighted by molar-refractivity contribution is 7.45. The number of rotatable bonds is 44. The Morgan fingerprint density at radius 3 is 1.21 bits per heavy atom. The van der Waals surface area contributed by atoms with E-state index in [1.807, 2.05) is 21.1 Å². The molecule has 2 atom stereocenters. The summed E-state index contributed by atoms with van der Waals surface area (Å²) < 4.78 is 34.0. The summed E-state index contributed by atoms with van der Waals surface area (Å²) in [7, 11) is 1.12. The second-order valence-corrected chi connectivity index (χ2v) is 18.8. The van der Waals surface area contributed by atoms with Gasteiger partial charge in [-0.1, -0.05) is 174 Å². The van der Waals surface area contributed by atoms with Gasteiger partial charge in [-0.15, -0.1) is 0 Å². The molecule has 0 bridgehead atoms. The third-order valence-electron chi connectivity index (χ3n) is 9.98. The quantitative estimate of drug-likeness (QED) is 0.0195. The fourth-order valence-electron chi connectivity index (χ4n) is 6.12. The number of likely N-dealkylation sites (N-methyl/N-ethyl adjacent to an activating group) is 1. The van der Waals surface area contributed by atoms with E-state index in [0.717, 1.165) is 128 Å². The molecule has 0 fully saturated rings. The molecule has 0 N–H and O–H groups in total. The average Bonchev–Trinajstić information content (AvgIpc) is 3.27. The van der Waals surface area contributed by atoms with Crippen molar-refractivity contribution in [1.82, 2.24) is 0 Å². The summed E-state index contributed by atoms with van der Waals surface area (Å²) in [6.45, 7) is 3.93. The molecule has 0 aromatic heterocycles. The summed E-state index contributed by atoms with van der Waals surface area (Å²) in [5.74, 6) is -0.891. The maximum absolute atomic E-state index is 12.7. The first-order valence-electron chi connectivity index (χ1n) is 25.2. The Morgan fingerprint density at radius 1 is 0.470 bits per heavy atom. The van der Waals surface area contributed by atoms with Crippen molar-refractivity contribution in [1.29, 1.82) is 0 Å². The number of phosphoric ester groups is 1. The van der Waals surface area contributed by atoms with E-state index in [2.05, 4.69) is 135 Å². The average molecular weight is 938 g/mol. The first-order valence-corrected chi connectivity index (χ1v) is 26.7. The summed E-state index contributed by atoms with van der Waals surface area (Å²) in [5, 5.41) is 0. The lowest BCUT2D eigenvalue weighted by atomic mass is 10.1. The molecule has 10 heteroatoms. The molecular weight excluding hydrogens is 846 g/mol. The van der Waals surface area contributed by atoms with Crippen LogP contribution in [0.25, 0.3) is 0 Å². The molecule has 0 aliphatic carbocycles. The van der Waals surface area contributed by atoms with Crippen molar-refractivity contribution in [2.45, 2.75) is 174 Å². The molecule has 0 rings (SSSR count). The lowest BCUT2D eigenvalue weighted by Crippen LogP contribution is -2.37. The van der Waals surface area contributed by atoms with E-state index < -0.39 is 32.5 Å². The molecule has 0 aliphatic heterocycles. The number of carbonyl (C=O) groups excluding carboxylic acids is 2. The van der Waals surface area contributed by atoms with Crippen LogP contribution < -0.4 is 4.89 Å². The Morgan fingerprint density at radius 2 is 0.818 bits per heavy atom. The SMILES string of the molecule is CC/C=C\C/C=C\C/C=C\C/C=C\C/C=C\C/C=C\CCCCCCCCC(=O)OC(COC(=O)CCCCCC/C=C\C/C=C\C/C=C\C/C=C\CC)COP(=O)([O-])OCC[N+](C)(C)C. The molecule has 0 radical (unpaired) electrons. The molecule has 374 valence electrons. The third-order valence-corrected chi connectivity index (χ3v) is 10.9. The lowest BCUT2D eigenvalue weighted by Gasteiger charge is -2.28. The number of quaternary nitrogens is 1. The van der Waals surface area contributed by atoms with Gasteiger partial charge < -0.3 is 27.9 Å². The molecular formula is C56H92NO8P. The number of ether oxygens (including phenoxy) is 2. The van der Waals surface area contributed by atoms with Crippen molar-refractivity contribution < 1.29 is 42.1 Å². The van der Waals surface area contributed by atoms with Crippen LogP contribution in [0.2, 0.25) is 0 Å². The highest BCUT2D eigenvalue weighted by atomic mass is 31.2. The summed E-state index contributed by atoms with van der Waals surface area (Å²) in [6.07, 6.45) is 65.1. The van der Waals surface area contributed by atoms with Crippen LogP contribution >= 0.6 is 7.82 Å². The molecule has 0 aliphatic rings. The number of hydrogen-bond acceptors (Lipinski definition) is 8. The maximum atomic E-state index is 12.7. The van der Waals surface area contributed by atoms with Gasteiger partial charge in [0.15, 0.2) is 6.10 Å². The van der Waals surface area contributed by atoms with Gasteiger partial charge >= 0.3 is 11.9 Å². The third kappa shape index (κ3) is 49.8. The summed E-state index contributed by atoms with van der Waals surface area (Å²) in [5.41, 5.74) is 0. The first kappa shape index (κ1) is 62.4. The normalized spacial score (nSPS) is 14.5. The van der Waals surface area contributed by atoms with Crippen LogP contribution in [-0.2, 0) is 32.7 Å². The molecule has 0 saturated carbocycles. The summed E-state index contributed by atoms with van der Waals surface area (Å²) >= 11 is 0. The van der Waals surface area contributed by atoms with Gasteiger partial charge in [-0.2, -0.15) is 0 Å². The molecule has 0 amide bonds. The van der Waals surface area contributed by atoms with Crippen LogP contribution in [-0.4, -0.2) is 70.0 Å². The van der Waals surface area contributed by atoms with Crippen LogP contribution in [0.1, 0.15) is 168 Å². The molecule has 0 aromatic carbocycles. The Labute approximate surface area is 403 Å². The maximum Gasteiger partial charge on any atom is 0.306 e. The highest BCUT2D eigenvalue weighted by Crippen LogP contribution is 2.38. The van der Waals surface area contributed by atoms with Gasteiger partial charge in [-0.25, -0.2) is 0 Å². The van der Waals surface area contributed by atoms with E-state index >= 15 is 0 Å². The van der Waals surface area contributed by atoms with Crippen LogP contribution in [0.5, 0.6) is 0 Å². The zero-order chi connectivity index (χ0) is 48.5. The Hall–Kier alpha value is -3.59. The molecule has 0 saturated heterocycles. The van der Waals surface area contributed by atoms with Gasteiger partial charge in [-0.05, 0) is 103 Å². The Bertz CT molecular complexity index is 1530. The minimum absolute atomic E-state index is 0.0460. The molecule has 0 aromatic rings. The Balaban J connectivity index is 4.36. The van der Waals surface area contributed by atoms with Crippen molar-refractivity contribution in [3.05, 3.63) is 122 Å². The molecule has 0 heterocycles. The topological polar surface area (TPSA) is 111 Å². The number of phosphoric acid groups is 1. The number of hydrogen-bond donors (Lipinski definition) is 0. The summed E-state index contributed by atoms with van der Waals surface area (Å²) in [4.78, 5) is 37.7. The second-order valence-electron chi connectivity index (χ2n) is 17.4. The van der Waals surface area contributed by atoms with E-state index in [-0.39, 0.29) is 26.1 Å². The van der Waals surface area contributed by atoms with Crippen LogP contribution in [0.4, 0.5) is 0 Å². The van der Waals surface area contributed by atoms with Gasteiger partial charge in [0.25, 0.3) is 7.82 Å². The van der Waals surface area contributed by atoms with E-state index in [0.29, 0.717) is 23.9 Å². The minimum Gasteiger partial charge on any atom is -0.756 e. The largest absolute Gasteiger partial charge is 0.756 e. The standard InChI is InChI=1S/C56H92NO8P/c1-6-8-10-12-14-16-18-20-22-24-25-26-27-28-29-30-31-33-35-37-39-41-43-45-47-49-56(59)65-54(53-64-66(60,61)63-51-50-57(3,4)5)52-62-55(58)48-46-44-42-40-38-36-34-32-23-21-19-17-15-13-11-9-7-2/h8-11,14-17,20-23,25-26,28-29,31,33-34,36,54H,6-7,12-13,18-19,24,27,30,32,35,37-53H2,1-5H3/b10-8-,11-9-,16-14-,17-15-,22-20-,23-21-,26-25-,29-28-,33-31-,36-34-. The van der Waals surface area contributed by atoms with Gasteiger partial charge in [0.1, 0.15) is 19.8 Å². The smallest absolute Gasteiger partial charge is 0.306 e. The molecule has 9 nitrogen and oxygen atoms in total. The van der Waals surface area contributed by atoms with Crippen molar-refractivity contribution in [3.63, 3.8) is 0 Å². The lowest BCUT2D eigenvalue weighted by molar-refractivity contribution is -0.870. The van der Waals surface area contributed by atoms with Gasteiger partial charge in [0, 0.05) is 12.8 Å². The number of nitrogens with zero attached hydrogens (tertiary/aromatic N) is 1. The van der Waals surface area contributed by atoms with Gasteiger partial charge in [0.05, 0.1) is 27.7 Å². The summed E-state index contributed by atoms with van der Waals surface area (Å²) in [6, 6.07) is 0. The first-order chi connectivity index (χ1) is 32.0. The molecule has 0 spiro atoms. The fraction of sp³-hybridized carbons (Fsp3) is 0.607. The zero-order valence-electron chi connectivity index (χ0n) is 42.1. The zero-order valence-corrected chi connectivity index (χ0v) is 43.0. The predicted molar refractivity (Wildman–Crippen MR) is 277 cm³/mol. The van der Waals surface area contributed by atoms with E-state index in [9.17, 15) is 19.0 Å². The van der Waals surface area contributed by atoms with Crippen LogP contribution in [0.3, 0.4) is 0 Å². The highest BCUT2D eigenvalue weighted by Gasteiger charge is 2.21. The molecule has 2 unspecified atom stereocenters. The van der Waals surface area contributed by atoms with Crippen LogP contribution in [0, 0.1) is 0 Å². The van der Waals surface area contributed by atoms with Gasteiger partial charge in [0.2, 0.25) is 0 Å². The Kier molecular flexibility index (Phi) is 44.0. The van der Waals surface area contributed by atoms with Crippen molar-refractivity contribution in [2.24, 2.45) is 0 Å². The fourth-order valence-corrected chi connectivity index (χ4v) is 6.85. The van der Waals surface area contributed by atoms with Crippen molar-refractivity contribution in [3.8, 4) is 0 Å². The van der Waals surface area contributed by atoms with Crippen molar-refractivity contribution >= 4 is 19.8 Å². The number of allylic oxidation sites excluding steroid dienone is 20. The minimum atomic E-state index is -4.65. The number of unbranched alkanes of at least 4 members (excludes halogenated alkanes) is 10. The predicted octanol–water partition coefficient (Wildman–Crippen LogP) is 14.6. The van der Waals surface area contributed by atoms with E-state index in [1.54, 1.807) is 0 Å². The van der Waals surface area contributed by atoms with Crippen molar-refractivity contribution in [2.75, 3.05) is 47.5 Å². The number of esters is 2. The second kappa shape index (κ2) is 46.5. The number of carbonyl (C=O) groups is 2. The molecule has 66 heavy (non-hydrogen) atoms. The monoisotopic (exact) mass is 938 g/mol. The van der Waals surface area contributed by atoms with E-state index in [4.69, 9.17) is 18.5 Å². The van der Waals surface area contributed by atoms with Gasteiger partial charge in [-0.3, -0.25) is 14.2 Å². The van der Waals surface area contributed by atoms with Crippen LogP contribution in [0.15, 0.2) is 122 Å². The van der Waals surface area contributed by atoms with E-state index in [1.165, 1.54) is 0 Å².